The lowest BCUT2D eigenvalue weighted by atomic mass is 9.95. The van der Waals surface area contributed by atoms with Crippen LogP contribution in [0.4, 0.5) is 4.39 Å². The van der Waals surface area contributed by atoms with Crippen LogP contribution < -0.4 is 0 Å². The van der Waals surface area contributed by atoms with E-state index in [-0.39, 0.29) is 5.82 Å². The summed E-state index contributed by atoms with van der Waals surface area (Å²) in [6, 6.07) is 6.72. The Labute approximate surface area is 95.9 Å². The largest absolute Gasteiger partial charge is 0.308 e. The maximum absolute atomic E-state index is 12.8. The fourth-order valence-corrected chi connectivity index (χ4v) is 2.03. The number of halogens is 1. The van der Waals surface area contributed by atoms with Crippen molar-refractivity contribution >= 4 is 5.57 Å². The molecule has 0 saturated carbocycles. The third-order valence-electron chi connectivity index (χ3n) is 2.76. The first-order valence-corrected chi connectivity index (χ1v) is 5.46. The summed E-state index contributed by atoms with van der Waals surface area (Å²) in [6.07, 6.45) is 6.38. The number of nitrogens with zero attached hydrogens (tertiary/aromatic N) is 1. The highest BCUT2D eigenvalue weighted by molar-refractivity contribution is 5.73. The Morgan fingerprint density at radius 2 is 1.88 bits per heavy atom. The summed E-state index contributed by atoms with van der Waals surface area (Å²) in [7, 11) is 4.13. The van der Waals surface area contributed by atoms with Crippen LogP contribution in [0.5, 0.6) is 0 Å². The first-order valence-electron chi connectivity index (χ1n) is 5.46. The molecule has 2 rings (SSSR count). The van der Waals surface area contributed by atoms with Gasteiger partial charge in [0.1, 0.15) is 5.82 Å². The fourth-order valence-electron chi connectivity index (χ4n) is 2.03. The highest BCUT2D eigenvalue weighted by Crippen LogP contribution is 2.29. The first-order chi connectivity index (χ1) is 7.66. The molecular weight excluding hydrogens is 201 g/mol. The minimum atomic E-state index is -0.181. The zero-order valence-corrected chi connectivity index (χ0v) is 9.65. The van der Waals surface area contributed by atoms with Gasteiger partial charge in [0.25, 0.3) is 0 Å². The Balaban J connectivity index is 2.18. The lowest BCUT2D eigenvalue weighted by Gasteiger charge is -2.18. The molecule has 2 heteroatoms. The number of hydrogen-bond donors (Lipinski definition) is 0. The number of rotatable bonds is 3. The predicted octanol–water partition coefficient (Wildman–Crippen LogP) is 2.96. The summed E-state index contributed by atoms with van der Waals surface area (Å²) < 4.78 is 12.8. The van der Waals surface area contributed by atoms with E-state index in [1.807, 2.05) is 12.1 Å². The molecule has 0 heterocycles. The maximum atomic E-state index is 12.8. The van der Waals surface area contributed by atoms with Gasteiger partial charge in [-0.1, -0.05) is 30.4 Å². The van der Waals surface area contributed by atoms with Crippen LogP contribution in [0.15, 0.2) is 42.5 Å². The Morgan fingerprint density at radius 1 is 1.19 bits per heavy atom. The van der Waals surface area contributed by atoms with E-state index in [0.29, 0.717) is 5.92 Å². The Kier molecular flexibility index (Phi) is 3.20. The van der Waals surface area contributed by atoms with Gasteiger partial charge in [0, 0.05) is 12.5 Å². The molecule has 0 aromatic heterocycles. The molecule has 1 atom stereocenters. The maximum Gasteiger partial charge on any atom is 0.123 e. The molecule has 0 aliphatic heterocycles. The SMILES string of the molecule is CN(C)CC1C=CC=C1c1ccc(F)cc1. The average Bonchev–Trinajstić information content (AvgIpc) is 2.66. The molecule has 1 unspecified atom stereocenters. The molecule has 1 aliphatic rings. The quantitative estimate of drug-likeness (QED) is 0.752. The Morgan fingerprint density at radius 3 is 2.50 bits per heavy atom. The van der Waals surface area contributed by atoms with Crippen LogP contribution in [0.3, 0.4) is 0 Å². The molecule has 0 bridgehead atoms. The molecule has 1 aliphatic carbocycles. The van der Waals surface area contributed by atoms with Crippen LogP contribution in [0.25, 0.3) is 5.57 Å². The number of allylic oxidation sites excluding steroid dienone is 2. The van der Waals surface area contributed by atoms with Crippen LogP contribution in [-0.2, 0) is 0 Å². The van der Waals surface area contributed by atoms with Crippen molar-refractivity contribution in [1.82, 2.24) is 4.90 Å². The van der Waals surface area contributed by atoms with E-state index in [2.05, 4.69) is 37.2 Å². The van der Waals surface area contributed by atoms with Crippen LogP contribution in [0.1, 0.15) is 5.56 Å². The van der Waals surface area contributed by atoms with Crippen molar-refractivity contribution in [3.8, 4) is 0 Å². The predicted molar refractivity (Wildman–Crippen MR) is 65.6 cm³/mol. The molecule has 16 heavy (non-hydrogen) atoms. The smallest absolute Gasteiger partial charge is 0.123 e. The van der Waals surface area contributed by atoms with Gasteiger partial charge in [-0.25, -0.2) is 4.39 Å². The van der Waals surface area contributed by atoms with Crippen molar-refractivity contribution in [2.75, 3.05) is 20.6 Å². The zero-order chi connectivity index (χ0) is 11.5. The lowest BCUT2D eigenvalue weighted by Crippen LogP contribution is -2.20. The van der Waals surface area contributed by atoms with Crippen molar-refractivity contribution in [3.63, 3.8) is 0 Å². The van der Waals surface area contributed by atoms with E-state index in [4.69, 9.17) is 0 Å². The Bertz CT molecular complexity index is 415. The standard InChI is InChI=1S/C14H16FN/c1-16(2)10-12-4-3-5-14(12)11-6-8-13(15)9-7-11/h3-9,12H,10H2,1-2H3. The summed E-state index contributed by atoms with van der Waals surface area (Å²) in [5.41, 5.74) is 2.38. The zero-order valence-electron chi connectivity index (χ0n) is 9.65. The molecular formula is C14H16FN. The normalized spacial score (nSPS) is 19.2. The lowest BCUT2D eigenvalue weighted by molar-refractivity contribution is 0.390. The van der Waals surface area contributed by atoms with Gasteiger partial charge in [-0.05, 0) is 37.4 Å². The van der Waals surface area contributed by atoms with Gasteiger partial charge in [0.05, 0.1) is 0 Å². The molecule has 1 aromatic rings. The van der Waals surface area contributed by atoms with E-state index >= 15 is 0 Å². The highest BCUT2D eigenvalue weighted by Gasteiger charge is 2.16. The summed E-state index contributed by atoms with van der Waals surface area (Å²) in [4.78, 5) is 2.16. The average molecular weight is 217 g/mol. The second kappa shape index (κ2) is 4.62. The van der Waals surface area contributed by atoms with Crippen molar-refractivity contribution in [2.24, 2.45) is 5.92 Å². The molecule has 0 saturated heterocycles. The molecule has 0 spiro atoms. The highest BCUT2D eigenvalue weighted by atomic mass is 19.1. The van der Waals surface area contributed by atoms with Gasteiger partial charge in [0.15, 0.2) is 0 Å². The summed E-state index contributed by atoms with van der Waals surface area (Å²) in [5, 5.41) is 0. The van der Waals surface area contributed by atoms with E-state index in [9.17, 15) is 4.39 Å². The van der Waals surface area contributed by atoms with Crippen molar-refractivity contribution in [1.29, 1.82) is 0 Å². The third-order valence-corrected chi connectivity index (χ3v) is 2.76. The van der Waals surface area contributed by atoms with Gasteiger partial charge in [-0.3, -0.25) is 0 Å². The van der Waals surface area contributed by atoms with E-state index < -0.39 is 0 Å². The Hall–Kier alpha value is -1.41. The van der Waals surface area contributed by atoms with Gasteiger partial charge in [-0.2, -0.15) is 0 Å². The molecule has 0 N–H and O–H groups in total. The van der Waals surface area contributed by atoms with Crippen molar-refractivity contribution < 1.29 is 4.39 Å². The molecule has 0 radical (unpaired) electrons. The number of hydrogen-bond acceptors (Lipinski definition) is 1. The van der Waals surface area contributed by atoms with Crippen molar-refractivity contribution in [3.05, 3.63) is 53.9 Å². The molecule has 0 amide bonds. The molecule has 1 aromatic carbocycles. The van der Waals surface area contributed by atoms with E-state index in [1.165, 1.54) is 17.7 Å². The third kappa shape index (κ3) is 2.39. The second-order valence-corrected chi connectivity index (χ2v) is 4.38. The first kappa shape index (κ1) is 11.1. The van der Waals surface area contributed by atoms with Crippen LogP contribution >= 0.6 is 0 Å². The fraction of sp³-hybridized carbons (Fsp3) is 0.286. The minimum Gasteiger partial charge on any atom is -0.308 e. The summed E-state index contributed by atoms with van der Waals surface area (Å²) in [5.74, 6) is 0.236. The molecule has 1 nitrogen and oxygen atoms in total. The topological polar surface area (TPSA) is 3.24 Å². The van der Waals surface area contributed by atoms with Crippen LogP contribution in [-0.4, -0.2) is 25.5 Å². The summed E-state index contributed by atoms with van der Waals surface area (Å²) >= 11 is 0. The van der Waals surface area contributed by atoms with Crippen molar-refractivity contribution in [2.45, 2.75) is 0 Å². The van der Waals surface area contributed by atoms with Gasteiger partial charge in [0.2, 0.25) is 0 Å². The van der Waals surface area contributed by atoms with Gasteiger partial charge >= 0.3 is 0 Å². The second-order valence-electron chi connectivity index (χ2n) is 4.38. The van der Waals surface area contributed by atoms with Gasteiger partial charge in [-0.15, -0.1) is 0 Å². The van der Waals surface area contributed by atoms with Crippen LogP contribution in [0, 0.1) is 11.7 Å². The summed E-state index contributed by atoms with van der Waals surface area (Å²) in [6.45, 7) is 0.986. The monoisotopic (exact) mass is 217 g/mol. The number of benzene rings is 1. The van der Waals surface area contributed by atoms with E-state index in [0.717, 1.165) is 12.1 Å². The molecule has 0 fully saturated rings. The van der Waals surface area contributed by atoms with Crippen LogP contribution in [0.2, 0.25) is 0 Å². The van der Waals surface area contributed by atoms with E-state index in [1.54, 1.807) is 0 Å². The molecule has 84 valence electrons. The van der Waals surface area contributed by atoms with Gasteiger partial charge < -0.3 is 4.90 Å². The minimum absolute atomic E-state index is 0.181.